The first-order chi connectivity index (χ1) is 15.6. The molecule has 0 bridgehead atoms. The zero-order valence-electron chi connectivity index (χ0n) is 17.6. The molecule has 0 N–H and O–H groups in total. The van der Waals surface area contributed by atoms with Crippen molar-refractivity contribution in [1.82, 2.24) is 0 Å². The van der Waals surface area contributed by atoms with Crippen molar-refractivity contribution in [2.24, 2.45) is 0 Å². The Kier molecular flexibility index (Phi) is 5.03. The molecule has 6 nitrogen and oxygen atoms in total. The molecule has 0 radical (unpaired) electrons. The molecule has 0 aliphatic rings. The maximum atomic E-state index is 12.2. The molecule has 0 unspecified atom stereocenters. The Morgan fingerprint density at radius 3 is 2.53 bits per heavy atom. The highest BCUT2D eigenvalue weighted by Gasteiger charge is 2.15. The molecular formula is C26H20O6. The fourth-order valence-electron chi connectivity index (χ4n) is 3.69. The van der Waals surface area contributed by atoms with Crippen LogP contribution in [0.15, 0.2) is 86.4 Å². The molecule has 0 aliphatic carbocycles. The lowest BCUT2D eigenvalue weighted by atomic mass is 10.1. The van der Waals surface area contributed by atoms with Crippen LogP contribution in [0.25, 0.3) is 33.3 Å². The Balaban J connectivity index is 1.55. The van der Waals surface area contributed by atoms with Crippen LogP contribution in [-0.4, -0.2) is 14.2 Å². The summed E-state index contributed by atoms with van der Waals surface area (Å²) >= 11 is 0. The van der Waals surface area contributed by atoms with Crippen LogP contribution in [-0.2, 0) is 6.61 Å². The first-order valence-electron chi connectivity index (χ1n) is 10.0. The molecule has 0 atom stereocenters. The molecule has 0 saturated heterocycles. The van der Waals surface area contributed by atoms with Crippen molar-refractivity contribution in [2.45, 2.75) is 6.61 Å². The number of hydrogen-bond donors (Lipinski definition) is 0. The minimum Gasteiger partial charge on any atom is -0.497 e. The standard InChI is InChI=1S/C26H20O6/c1-28-18-7-3-5-16(11-18)15-30-19-9-10-22-20(13-19)21(14-25(27)31-22)24-12-17-6-4-8-23(29-2)26(17)32-24/h3-14H,15H2,1-2H3. The Bertz CT molecular complexity index is 1480. The highest BCUT2D eigenvalue weighted by atomic mass is 16.5. The van der Waals surface area contributed by atoms with E-state index >= 15 is 0 Å². The second kappa shape index (κ2) is 8.15. The van der Waals surface area contributed by atoms with Gasteiger partial charge in [0.2, 0.25) is 0 Å². The number of para-hydroxylation sites is 1. The molecule has 0 aliphatic heterocycles. The van der Waals surface area contributed by atoms with Crippen molar-refractivity contribution in [1.29, 1.82) is 0 Å². The van der Waals surface area contributed by atoms with Gasteiger partial charge in [-0.1, -0.05) is 24.3 Å². The van der Waals surface area contributed by atoms with Crippen LogP contribution in [0.3, 0.4) is 0 Å². The van der Waals surface area contributed by atoms with Crippen LogP contribution in [0, 0.1) is 0 Å². The van der Waals surface area contributed by atoms with Crippen molar-refractivity contribution in [2.75, 3.05) is 14.2 Å². The summed E-state index contributed by atoms with van der Waals surface area (Å²) in [6.07, 6.45) is 0. The Hall–Kier alpha value is -4.19. The largest absolute Gasteiger partial charge is 0.497 e. The predicted octanol–water partition coefficient (Wildman–Crippen LogP) is 5.80. The fourth-order valence-corrected chi connectivity index (χ4v) is 3.69. The topological polar surface area (TPSA) is 71.0 Å². The van der Waals surface area contributed by atoms with E-state index in [2.05, 4.69) is 0 Å². The number of ether oxygens (including phenoxy) is 3. The third-order valence-electron chi connectivity index (χ3n) is 5.25. The summed E-state index contributed by atoms with van der Waals surface area (Å²) in [5.74, 6) is 2.59. The molecule has 5 aromatic rings. The van der Waals surface area contributed by atoms with Gasteiger partial charge in [-0.3, -0.25) is 0 Å². The van der Waals surface area contributed by atoms with E-state index in [0.29, 0.717) is 46.0 Å². The van der Waals surface area contributed by atoms with Crippen molar-refractivity contribution >= 4 is 21.9 Å². The molecule has 0 saturated carbocycles. The third kappa shape index (κ3) is 3.67. The molecule has 5 rings (SSSR count). The SMILES string of the molecule is COc1cccc(COc2ccc3oc(=O)cc(-c4cc5cccc(OC)c5o4)c3c2)c1. The lowest BCUT2D eigenvalue weighted by molar-refractivity contribution is 0.305. The number of rotatable bonds is 6. The predicted molar refractivity (Wildman–Crippen MR) is 122 cm³/mol. The number of benzene rings is 3. The van der Waals surface area contributed by atoms with Gasteiger partial charge in [0, 0.05) is 22.4 Å². The highest BCUT2D eigenvalue weighted by Crippen LogP contribution is 2.36. The molecule has 32 heavy (non-hydrogen) atoms. The van der Waals surface area contributed by atoms with Gasteiger partial charge < -0.3 is 23.0 Å². The Morgan fingerprint density at radius 1 is 0.812 bits per heavy atom. The van der Waals surface area contributed by atoms with Gasteiger partial charge in [0.1, 0.15) is 29.4 Å². The summed E-state index contributed by atoms with van der Waals surface area (Å²) in [6.45, 7) is 0.372. The maximum Gasteiger partial charge on any atom is 0.336 e. The van der Waals surface area contributed by atoms with E-state index in [-0.39, 0.29) is 0 Å². The molecule has 0 spiro atoms. The summed E-state index contributed by atoms with van der Waals surface area (Å²) in [7, 11) is 3.22. The summed E-state index contributed by atoms with van der Waals surface area (Å²) in [5, 5.41) is 1.59. The lowest BCUT2D eigenvalue weighted by Crippen LogP contribution is -1.99. The van der Waals surface area contributed by atoms with Gasteiger partial charge >= 0.3 is 5.63 Å². The summed E-state index contributed by atoms with van der Waals surface area (Å²) in [4.78, 5) is 12.2. The molecule has 2 heterocycles. The second-order valence-electron chi connectivity index (χ2n) is 7.27. The fraction of sp³-hybridized carbons (Fsp3) is 0.115. The van der Waals surface area contributed by atoms with Gasteiger partial charge in [0.05, 0.1) is 14.2 Å². The Labute approximate surface area is 183 Å². The van der Waals surface area contributed by atoms with Gasteiger partial charge in [-0.15, -0.1) is 0 Å². The Morgan fingerprint density at radius 2 is 1.69 bits per heavy atom. The number of methoxy groups -OCH3 is 2. The highest BCUT2D eigenvalue weighted by molar-refractivity contribution is 5.96. The number of furan rings is 1. The molecule has 3 aromatic carbocycles. The molecule has 2 aromatic heterocycles. The normalized spacial score (nSPS) is 11.1. The van der Waals surface area contributed by atoms with Crippen LogP contribution in [0.1, 0.15) is 5.56 Å². The quantitative estimate of drug-likeness (QED) is 0.318. The van der Waals surface area contributed by atoms with Crippen LogP contribution < -0.4 is 19.8 Å². The van der Waals surface area contributed by atoms with E-state index < -0.39 is 5.63 Å². The van der Waals surface area contributed by atoms with Crippen LogP contribution in [0.5, 0.6) is 17.2 Å². The zero-order chi connectivity index (χ0) is 22.1. The average molecular weight is 428 g/mol. The van der Waals surface area contributed by atoms with E-state index in [1.165, 1.54) is 6.07 Å². The minimum atomic E-state index is -0.454. The van der Waals surface area contributed by atoms with E-state index in [4.69, 9.17) is 23.0 Å². The van der Waals surface area contributed by atoms with E-state index in [1.807, 2.05) is 54.6 Å². The van der Waals surface area contributed by atoms with Crippen molar-refractivity contribution in [3.63, 3.8) is 0 Å². The van der Waals surface area contributed by atoms with Gasteiger partial charge in [-0.05, 0) is 48.0 Å². The molecule has 0 amide bonds. The van der Waals surface area contributed by atoms with E-state index in [9.17, 15) is 4.79 Å². The molecular weight excluding hydrogens is 408 g/mol. The van der Waals surface area contributed by atoms with Crippen LogP contribution in [0.4, 0.5) is 0 Å². The average Bonchev–Trinajstić information content (AvgIpc) is 3.26. The van der Waals surface area contributed by atoms with Crippen molar-refractivity contribution in [3.8, 4) is 28.6 Å². The van der Waals surface area contributed by atoms with Gasteiger partial charge in [0.15, 0.2) is 11.3 Å². The first kappa shape index (κ1) is 19.8. The first-order valence-corrected chi connectivity index (χ1v) is 10.0. The number of fused-ring (bicyclic) bond motifs is 2. The molecule has 0 fully saturated rings. The third-order valence-corrected chi connectivity index (χ3v) is 5.25. The van der Waals surface area contributed by atoms with E-state index in [1.54, 1.807) is 26.4 Å². The lowest BCUT2D eigenvalue weighted by Gasteiger charge is -2.09. The summed E-state index contributed by atoms with van der Waals surface area (Å²) in [5.41, 5.74) is 2.23. The van der Waals surface area contributed by atoms with Crippen molar-refractivity contribution < 1.29 is 23.0 Å². The monoisotopic (exact) mass is 428 g/mol. The zero-order valence-corrected chi connectivity index (χ0v) is 17.6. The van der Waals surface area contributed by atoms with Gasteiger partial charge in [0.25, 0.3) is 0 Å². The smallest absolute Gasteiger partial charge is 0.336 e. The van der Waals surface area contributed by atoms with Gasteiger partial charge in [-0.25, -0.2) is 4.79 Å². The minimum absolute atomic E-state index is 0.372. The second-order valence-corrected chi connectivity index (χ2v) is 7.27. The summed E-state index contributed by atoms with van der Waals surface area (Å²) in [6, 6.07) is 22.0. The molecule has 160 valence electrons. The maximum absolute atomic E-state index is 12.2. The molecule has 6 heteroatoms. The van der Waals surface area contributed by atoms with E-state index in [0.717, 1.165) is 16.7 Å². The van der Waals surface area contributed by atoms with Crippen LogP contribution >= 0.6 is 0 Å². The van der Waals surface area contributed by atoms with Crippen LogP contribution in [0.2, 0.25) is 0 Å². The summed E-state index contributed by atoms with van der Waals surface area (Å²) < 4.78 is 28.1. The van der Waals surface area contributed by atoms with Crippen molar-refractivity contribution in [3.05, 3.63) is 88.8 Å². The van der Waals surface area contributed by atoms with Gasteiger partial charge in [-0.2, -0.15) is 0 Å². The number of hydrogen-bond acceptors (Lipinski definition) is 6.